The monoisotopic (exact) mass is 242 g/mol. The first kappa shape index (κ1) is 12.0. The number of rotatable bonds is 2. The number of aryl methyl sites for hydroxylation is 1. The molecule has 0 aliphatic heterocycles. The lowest BCUT2D eigenvalue weighted by Crippen LogP contribution is -2.12. The highest BCUT2D eigenvalue weighted by atomic mass is 16.3. The molecule has 2 aromatic rings. The van der Waals surface area contributed by atoms with Gasteiger partial charge in [-0.05, 0) is 31.2 Å². The van der Waals surface area contributed by atoms with Crippen molar-refractivity contribution < 1.29 is 9.90 Å². The van der Waals surface area contributed by atoms with Gasteiger partial charge in [-0.2, -0.15) is 0 Å². The molecule has 0 aliphatic carbocycles. The maximum Gasteiger partial charge on any atom is 0.259 e. The molecule has 2 rings (SSSR count). The SMILES string of the molecule is Cc1ccc(NC(=O)c2ccc(N)cc2O)cc1. The maximum atomic E-state index is 11.9. The van der Waals surface area contributed by atoms with Gasteiger partial charge in [0.25, 0.3) is 5.91 Å². The van der Waals surface area contributed by atoms with E-state index in [0.717, 1.165) is 5.56 Å². The van der Waals surface area contributed by atoms with E-state index in [1.54, 1.807) is 6.07 Å². The van der Waals surface area contributed by atoms with Crippen LogP contribution in [0.4, 0.5) is 11.4 Å². The Kier molecular flexibility index (Phi) is 3.19. The third-order valence-electron chi connectivity index (χ3n) is 2.58. The van der Waals surface area contributed by atoms with Gasteiger partial charge in [0.2, 0.25) is 0 Å². The number of hydrogen-bond donors (Lipinski definition) is 3. The van der Waals surface area contributed by atoms with E-state index in [0.29, 0.717) is 11.4 Å². The molecule has 0 spiro atoms. The van der Waals surface area contributed by atoms with Crippen LogP contribution in [0.15, 0.2) is 42.5 Å². The lowest BCUT2D eigenvalue weighted by Gasteiger charge is -2.07. The summed E-state index contributed by atoms with van der Waals surface area (Å²) in [4.78, 5) is 11.9. The van der Waals surface area contributed by atoms with Gasteiger partial charge >= 0.3 is 0 Å². The van der Waals surface area contributed by atoms with Crippen LogP contribution in [-0.4, -0.2) is 11.0 Å². The van der Waals surface area contributed by atoms with Crippen LogP contribution in [0.3, 0.4) is 0 Å². The summed E-state index contributed by atoms with van der Waals surface area (Å²) in [5, 5.41) is 12.3. The molecule has 4 heteroatoms. The quantitative estimate of drug-likeness (QED) is 0.708. The van der Waals surface area contributed by atoms with Gasteiger partial charge in [0.05, 0.1) is 5.56 Å². The predicted molar refractivity (Wildman–Crippen MR) is 71.7 cm³/mol. The predicted octanol–water partition coefficient (Wildman–Crippen LogP) is 2.54. The fraction of sp³-hybridized carbons (Fsp3) is 0.0714. The Morgan fingerprint density at radius 3 is 2.44 bits per heavy atom. The Bertz CT molecular complexity index is 577. The summed E-state index contributed by atoms with van der Waals surface area (Å²) >= 11 is 0. The highest BCUT2D eigenvalue weighted by Gasteiger charge is 2.11. The molecule has 0 fully saturated rings. The van der Waals surface area contributed by atoms with Crippen LogP contribution in [0.25, 0.3) is 0 Å². The zero-order valence-electron chi connectivity index (χ0n) is 9.97. The second-order valence-electron chi connectivity index (χ2n) is 4.10. The van der Waals surface area contributed by atoms with Crippen LogP contribution < -0.4 is 11.1 Å². The third-order valence-corrected chi connectivity index (χ3v) is 2.58. The third kappa shape index (κ3) is 2.60. The molecule has 4 N–H and O–H groups in total. The Labute approximate surface area is 105 Å². The molecule has 92 valence electrons. The van der Waals surface area contributed by atoms with E-state index in [2.05, 4.69) is 5.32 Å². The summed E-state index contributed by atoms with van der Waals surface area (Å²) in [7, 11) is 0. The van der Waals surface area contributed by atoms with E-state index in [1.807, 2.05) is 31.2 Å². The van der Waals surface area contributed by atoms with Gasteiger partial charge in [-0.25, -0.2) is 0 Å². The van der Waals surface area contributed by atoms with E-state index in [1.165, 1.54) is 12.1 Å². The normalized spacial score (nSPS) is 10.1. The van der Waals surface area contributed by atoms with E-state index in [-0.39, 0.29) is 17.2 Å². The number of nitrogens with one attached hydrogen (secondary N) is 1. The number of carbonyl (C=O) groups excluding carboxylic acids is 1. The summed E-state index contributed by atoms with van der Waals surface area (Å²) in [6, 6.07) is 11.8. The molecule has 4 nitrogen and oxygen atoms in total. The molecule has 0 unspecified atom stereocenters. The van der Waals surface area contributed by atoms with Crippen LogP contribution in [0.2, 0.25) is 0 Å². The molecule has 0 heterocycles. The molecule has 0 atom stereocenters. The molecular formula is C14H14N2O2. The highest BCUT2D eigenvalue weighted by molar-refractivity contribution is 6.06. The molecule has 1 amide bonds. The van der Waals surface area contributed by atoms with Gasteiger partial charge in [-0.15, -0.1) is 0 Å². The van der Waals surface area contributed by atoms with Gasteiger partial charge in [0, 0.05) is 17.4 Å². The number of phenolic OH excluding ortho intramolecular Hbond substituents is 1. The number of hydrogen-bond acceptors (Lipinski definition) is 3. The number of anilines is 2. The molecule has 0 bridgehead atoms. The fourth-order valence-corrected chi connectivity index (χ4v) is 1.58. The first-order chi connectivity index (χ1) is 8.56. The molecule has 0 aromatic heterocycles. The largest absolute Gasteiger partial charge is 0.507 e. The smallest absolute Gasteiger partial charge is 0.259 e. The Morgan fingerprint density at radius 2 is 1.83 bits per heavy atom. The van der Waals surface area contributed by atoms with Crippen LogP contribution in [0, 0.1) is 6.92 Å². The second kappa shape index (κ2) is 4.79. The van der Waals surface area contributed by atoms with Gasteiger partial charge in [-0.3, -0.25) is 4.79 Å². The molecule has 0 radical (unpaired) electrons. The maximum absolute atomic E-state index is 11.9. The molecule has 0 saturated carbocycles. The zero-order chi connectivity index (χ0) is 13.1. The van der Waals surface area contributed by atoms with Crippen molar-refractivity contribution in [2.75, 3.05) is 11.1 Å². The van der Waals surface area contributed by atoms with Crippen molar-refractivity contribution in [1.82, 2.24) is 0 Å². The minimum Gasteiger partial charge on any atom is -0.507 e. The van der Waals surface area contributed by atoms with Crippen molar-refractivity contribution in [3.05, 3.63) is 53.6 Å². The summed E-state index contributed by atoms with van der Waals surface area (Å²) in [5.41, 5.74) is 7.92. The number of nitrogens with two attached hydrogens (primary N) is 1. The zero-order valence-corrected chi connectivity index (χ0v) is 9.97. The van der Waals surface area contributed by atoms with Crippen molar-refractivity contribution in [1.29, 1.82) is 0 Å². The van der Waals surface area contributed by atoms with Crippen molar-refractivity contribution >= 4 is 17.3 Å². The average molecular weight is 242 g/mol. The summed E-state index contributed by atoms with van der Waals surface area (Å²) in [6.07, 6.45) is 0. The van der Waals surface area contributed by atoms with Crippen molar-refractivity contribution in [3.63, 3.8) is 0 Å². The first-order valence-electron chi connectivity index (χ1n) is 5.53. The van der Waals surface area contributed by atoms with E-state index < -0.39 is 0 Å². The highest BCUT2D eigenvalue weighted by Crippen LogP contribution is 2.21. The molecule has 0 aliphatic rings. The van der Waals surface area contributed by atoms with E-state index >= 15 is 0 Å². The Morgan fingerprint density at radius 1 is 1.17 bits per heavy atom. The molecular weight excluding hydrogens is 228 g/mol. The summed E-state index contributed by atoms with van der Waals surface area (Å²) in [6.45, 7) is 1.97. The summed E-state index contributed by atoms with van der Waals surface area (Å²) < 4.78 is 0. The second-order valence-corrected chi connectivity index (χ2v) is 4.10. The number of amides is 1. The molecule has 18 heavy (non-hydrogen) atoms. The molecule has 0 saturated heterocycles. The van der Waals surface area contributed by atoms with Gasteiger partial charge < -0.3 is 16.2 Å². The van der Waals surface area contributed by atoms with E-state index in [9.17, 15) is 9.90 Å². The minimum atomic E-state index is -0.364. The lowest BCUT2D eigenvalue weighted by molar-refractivity contribution is 0.102. The Balaban J connectivity index is 2.19. The number of carbonyl (C=O) groups is 1. The van der Waals surface area contributed by atoms with Gasteiger partial charge in [0.1, 0.15) is 5.75 Å². The van der Waals surface area contributed by atoms with Gasteiger partial charge in [-0.1, -0.05) is 17.7 Å². The fourth-order valence-electron chi connectivity index (χ4n) is 1.58. The van der Waals surface area contributed by atoms with Crippen LogP contribution in [0.5, 0.6) is 5.75 Å². The standard InChI is InChI=1S/C14H14N2O2/c1-9-2-5-11(6-3-9)16-14(18)12-7-4-10(15)8-13(12)17/h2-8,17H,15H2,1H3,(H,16,18). The number of benzene rings is 2. The van der Waals surface area contributed by atoms with Crippen LogP contribution in [-0.2, 0) is 0 Å². The van der Waals surface area contributed by atoms with Crippen molar-refractivity contribution in [2.24, 2.45) is 0 Å². The summed E-state index contributed by atoms with van der Waals surface area (Å²) in [5.74, 6) is -0.490. The van der Waals surface area contributed by atoms with Crippen molar-refractivity contribution in [2.45, 2.75) is 6.92 Å². The van der Waals surface area contributed by atoms with E-state index in [4.69, 9.17) is 5.73 Å². The molecule has 2 aromatic carbocycles. The van der Waals surface area contributed by atoms with Crippen LogP contribution in [0.1, 0.15) is 15.9 Å². The minimum absolute atomic E-state index is 0.125. The number of aromatic hydroxyl groups is 1. The number of nitrogen functional groups attached to an aromatic ring is 1. The van der Waals surface area contributed by atoms with Crippen molar-refractivity contribution in [3.8, 4) is 5.75 Å². The Hall–Kier alpha value is -2.49. The topological polar surface area (TPSA) is 75.4 Å². The van der Waals surface area contributed by atoms with Gasteiger partial charge in [0.15, 0.2) is 0 Å². The average Bonchev–Trinajstić information content (AvgIpc) is 2.32. The van der Waals surface area contributed by atoms with Crippen LogP contribution >= 0.6 is 0 Å². The first-order valence-corrected chi connectivity index (χ1v) is 5.53. The lowest BCUT2D eigenvalue weighted by atomic mass is 10.1. The number of phenols is 1.